The summed E-state index contributed by atoms with van der Waals surface area (Å²) < 4.78 is 13.6. The molecule has 0 aliphatic rings. The van der Waals surface area contributed by atoms with Crippen LogP contribution in [0.5, 0.6) is 0 Å². The van der Waals surface area contributed by atoms with E-state index in [0.29, 0.717) is 18.4 Å². The third kappa shape index (κ3) is 3.26. The molecule has 2 nitrogen and oxygen atoms in total. The summed E-state index contributed by atoms with van der Waals surface area (Å²) in [5, 5.41) is 1.11. The summed E-state index contributed by atoms with van der Waals surface area (Å²) in [6, 6.07) is 18.7. The van der Waals surface area contributed by atoms with E-state index in [4.69, 9.17) is 5.73 Å². The fraction of sp³-hybridized carbons (Fsp3) is 0.167. The van der Waals surface area contributed by atoms with Crippen LogP contribution in [0, 0.1) is 5.82 Å². The molecule has 106 valence electrons. The average Bonchev–Trinajstić information content (AvgIpc) is 2.49. The maximum Gasteiger partial charge on any atom is 0.126 e. The van der Waals surface area contributed by atoms with E-state index in [9.17, 15) is 4.39 Å². The molecule has 1 atom stereocenters. The first-order chi connectivity index (χ1) is 10.2. The zero-order valence-corrected chi connectivity index (χ0v) is 11.7. The molecule has 0 radical (unpaired) electrons. The van der Waals surface area contributed by atoms with E-state index in [1.165, 1.54) is 6.07 Å². The number of halogens is 1. The maximum absolute atomic E-state index is 13.6. The van der Waals surface area contributed by atoms with Gasteiger partial charge in [0.15, 0.2) is 0 Å². The molecule has 2 aromatic carbocycles. The lowest BCUT2D eigenvalue weighted by atomic mass is 10.0. The van der Waals surface area contributed by atoms with Gasteiger partial charge in [-0.15, -0.1) is 0 Å². The van der Waals surface area contributed by atoms with Crippen LogP contribution < -0.4 is 5.73 Å². The molecule has 0 saturated carbocycles. The van der Waals surface area contributed by atoms with Crippen LogP contribution in [-0.2, 0) is 12.8 Å². The number of rotatable bonds is 4. The molecule has 1 heterocycles. The van der Waals surface area contributed by atoms with Crippen LogP contribution in [0.1, 0.15) is 11.3 Å². The number of hydrogen-bond acceptors (Lipinski definition) is 2. The van der Waals surface area contributed by atoms with Crippen molar-refractivity contribution < 1.29 is 4.39 Å². The van der Waals surface area contributed by atoms with E-state index in [1.807, 2.05) is 42.5 Å². The number of aromatic nitrogens is 1. The number of benzene rings is 2. The van der Waals surface area contributed by atoms with Gasteiger partial charge in [0.05, 0.1) is 5.52 Å². The smallest absolute Gasteiger partial charge is 0.126 e. The van der Waals surface area contributed by atoms with Gasteiger partial charge in [-0.2, -0.15) is 0 Å². The van der Waals surface area contributed by atoms with Crippen LogP contribution in [0.3, 0.4) is 0 Å². The van der Waals surface area contributed by atoms with E-state index >= 15 is 0 Å². The summed E-state index contributed by atoms with van der Waals surface area (Å²) in [6.07, 6.45) is 1.15. The zero-order chi connectivity index (χ0) is 14.7. The SMILES string of the molecule is NC(Cc1ccc2ccccc2n1)Cc1ccccc1F. The van der Waals surface area contributed by atoms with E-state index in [2.05, 4.69) is 4.98 Å². The highest BCUT2D eigenvalue weighted by atomic mass is 19.1. The van der Waals surface area contributed by atoms with Crippen LogP contribution in [0.15, 0.2) is 60.7 Å². The fourth-order valence-corrected chi connectivity index (χ4v) is 2.51. The summed E-state index contributed by atoms with van der Waals surface area (Å²) >= 11 is 0. The Morgan fingerprint density at radius 1 is 0.905 bits per heavy atom. The Kier molecular flexibility index (Phi) is 3.93. The predicted octanol–water partition coefficient (Wildman–Crippen LogP) is 3.49. The lowest BCUT2D eigenvalue weighted by Gasteiger charge is -2.12. The van der Waals surface area contributed by atoms with Gasteiger partial charge >= 0.3 is 0 Å². The fourth-order valence-electron chi connectivity index (χ4n) is 2.51. The predicted molar refractivity (Wildman–Crippen MR) is 83.5 cm³/mol. The van der Waals surface area contributed by atoms with Gasteiger partial charge in [0.25, 0.3) is 0 Å². The maximum atomic E-state index is 13.6. The van der Waals surface area contributed by atoms with Crippen molar-refractivity contribution in [3.63, 3.8) is 0 Å². The molecule has 3 aromatic rings. The largest absolute Gasteiger partial charge is 0.327 e. The number of fused-ring (bicyclic) bond motifs is 1. The highest BCUT2D eigenvalue weighted by Gasteiger charge is 2.10. The molecular weight excluding hydrogens is 263 g/mol. The second-order valence-electron chi connectivity index (χ2n) is 5.26. The zero-order valence-electron chi connectivity index (χ0n) is 11.7. The second-order valence-corrected chi connectivity index (χ2v) is 5.26. The summed E-state index contributed by atoms with van der Waals surface area (Å²) in [4.78, 5) is 4.61. The van der Waals surface area contributed by atoms with E-state index in [1.54, 1.807) is 12.1 Å². The molecule has 2 N–H and O–H groups in total. The standard InChI is InChI=1S/C18H17FN2/c19-17-7-3-1-6-14(17)11-15(20)12-16-10-9-13-5-2-4-8-18(13)21-16/h1-10,15H,11-12,20H2. The molecule has 1 aromatic heterocycles. The van der Waals surface area contributed by atoms with Crippen molar-refractivity contribution in [3.8, 4) is 0 Å². The van der Waals surface area contributed by atoms with Crippen molar-refractivity contribution in [1.29, 1.82) is 0 Å². The first-order valence-corrected chi connectivity index (χ1v) is 7.06. The quantitative estimate of drug-likeness (QED) is 0.794. The van der Waals surface area contributed by atoms with Gasteiger partial charge in [0.1, 0.15) is 5.82 Å². The van der Waals surface area contributed by atoms with Gasteiger partial charge in [-0.1, -0.05) is 42.5 Å². The molecule has 3 heteroatoms. The number of nitrogens with zero attached hydrogens (tertiary/aromatic N) is 1. The highest BCUT2D eigenvalue weighted by Crippen LogP contribution is 2.14. The molecule has 0 bridgehead atoms. The van der Waals surface area contributed by atoms with Crippen molar-refractivity contribution in [2.75, 3.05) is 0 Å². The van der Waals surface area contributed by atoms with Gasteiger partial charge in [-0.25, -0.2) is 4.39 Å². The molecule has 0 aliphatic heterocycles. The molecule has 21 heavy (non-hydrogen) atoms. The van der Waals surface area contributed by atoms with Crippen molar-refractivity contribution in [1.82, 2.24) is 4.98 Å². The Bertz CT molecular complexity index is 755. The summed E-state index contributed by atoms with van der Waals surface area (Å²) in [5.41, 5.74) is 8.71. The van der Waals surface area contributed by atoms with Crippen LogP contribution in [0.4, 0.5) is 4.39 Å². The van der Waals surface area contributed by atoms with Crippen molar-refractivity contribution in [3.05, 3.63) is 77.7 Å². The van der Waals surface area contributed by atoms with Crippen LogP contribution in [0.2, 0.25) is 0 Å². The third-order valence-electron chi connectivity index (χ3n) is 3.57. The Balaban J connectivity index is 1.74. The van der Waals surface area contributed by atoms with Crippen molar-refractivity contribution in [2.24, 2.45) is 5.73 Å². The van der Waals surface area contributed by atoms with E-state index in [-0.39, 0.29) is 11.9 Å². The molecule has 0 aliphatic carbocycles. The molecule has 0 saturated heterocycles. The Hall–Kier alpha value is -2.26. The summed E-state index contributed by atoms with van der Waals surface area (Å²) in [6.45, 7) is 0. The van der Waals surface area contributed by atoms with Gasteiger partial charge in [-0.3, -0.25) is 4.98 Å². The minimum absolute atomic E-state index is 0.143. The van der Waals surface area contributed by atoms with Crippen molar-refractivity contribution >= 4 is 10.9 Å². The minimum Gasteiger partial charge on any atom is -0.327 e. The van der Waals surface area contributed by atoms with E-state index < -0.39 is 0 Å². The second kappa shape index (κ2) is 6.02. The van der Waals surface area contributed by atoms with Crippen LogP contribution >= 0.6 is 0 Å². The molecule has 1 unspecified atom stereocenters. The molecular formula is C18H17FN2. The third-order valence-corrected chi connectivity index (χ3v) is 3.57. The number of para-hydroxylation sites is 1. The number of pyridine rings is 1. The lowest BCUT2D eigenvalue weighted by molar-refractivity contribution is 0.582. The first-order valence-electron chi connectivity index (χ1n) is 7.06. The average molecular weight is 280 g/mol. The Labute approximate surface area is 123 Å². The molecule has 0 fully saturated rings. The Morgan fingerprint density at radius 2 is 1.67 bits per heavy atom. The number of hydrogen-bond donors (Lipinski definition) is 1. The molecule has 3 rings (SSSR count). The van der Waals surface area contributed by atoms with Crippen molar-refractivity contribution in [2.45, 2.75) is 18.9 Å². The van der Waals surface area contributed by atoms with E-state index in [0.717, 1.165) is 16.6 Å². The van der Waals surface area contributed by atoms with Gasteiger partial charge in [-0.05, 0) is 30.2 Å². The molecule has 0 amide bonds. The van der Waals surface area contributed by atoms with Crippen LogP contribution in [0.25, 0.3) is 10.9 Å². The highest BCUT2D eigenvalue weighted by molar-refractivity contribution is 5.78. The first kappa shape index (κ1) is 13.7. The van der Waals surface area contributed by atoms with Gasteiger partial charge < -0.3 is 5.73 Å². The summed E-state index contributed by atoms with van der Waals surface area (Å²) in [5.74, 6) is -0.195. The monoisotopic (exact) mass is 280 g/mol. The lowest BCUT2D eigenvalue weighted by Crippen LogP contribution is -2.26. The molecule has 0 spiro atoms. The number of nitrogens with two attached hydrogens (primary N) is 1. The summed E-state index contributed by atoms with van der Waals surface area (Å²) in [7, 11) is 0. The van der Waals surface area contributed by atoms with Gasteiger partial charge in [0, 0.05) is 23.5 Å². The topological polar surface area (TPSA) is 38.9 Å². The minimum atomic E-state index is -0.195. The van der Waals surface area contributed by atoms with Crippen LogP contribution in [-0.4, -0.2) is 11.0 Å². The normalized spacial score (nSPS) is 12.5. The Morgan fingerprint density at radius 3 is 2.52 bits per heavy atom. The van der Waals surface area contributed by atoms with Gasteiger partial charge in [0.2, 0.25) is 0 Å².